The van der Waals surface area contributed by atoms with Gasteiger partial charge in [0.05, 0.1) is 31.0 Å². The van der Waals surface area contributed by atoms with Crippen LogP contribution in [0, 0.1) is 6.92 Å². The maximum atomic E-state index is 13.3. The Morgan fingerprint density at radius 3 is 2.47 bits per heavy atom. The summed E-state index contributed by atoms with van der Waals surface area (Å²) >= 11 is 6.17. The molecule has 4 aromatic rings. The molecule has 1 heterocycles. The fraction of sp³-hybridized carbons (Fsp3) is 0.125. The van der Waals surface area contributed by atoms with Crippen LogP contribution in [-0.2, 0) is 0 Å². The highest BCUT2D eigenvalue weighted by Crippen LogP contribution is 2.31. The zero-order valence-corrected chi connectivity index (χ0v) is 18.4. The van der Waals surface area contributed by atoms with Crippen molar-refractivity contribution in [2.24, 2.45) is 0 Å². The number of hydrogen-bond acceptors (Lipinski definition) is 5. The lowest BCUT2D eigenvalue weighted by atomic mass is 10.1. The standard InChI is InChI=1S/C24H20ClN3O4/c1-14-11-20(21(32-3)13-19(14)25)26-23(29)22-17-9-4-5-10-18(17)24(30)28(27-22)15-7-6-8-16(12-15)31-2/h4-13H,1-3H3,(H,26,29). The van der Waals surface area contributed by atoms with Crippen molar-refractivity contribution in [2.45, 2.75) is 6.92 Å². The maximum absolute atomic E-state index is 13.3. The van der Waals surface area contributed by atoms with E-state index in [1.165, 1.54) is 18.9 Å². The van der Waals surface area contributed by atoms with E-state index >= 15 is 0 Å². The fourth-order valence-electron chi connectivity index (χ4n) is 3.39. The van der Waals surface area contributed by atoms with Crippen molar-refractivity contribution in [3.05, 3.63) is 87.3 Å². The zero-order chi connectivity index (χ0) is 22.8. The Bertz CT molecular complexity index is 1400. The largest absolute Gasteiger partial charge is 0.497 e. The SMILES string of the molecule is COc1cccc(-n2nc(C(=O)Nc3cc(C)c(Cl)cc3OC)c3ccccc3c2=O)c1. The Morgan fingerprint density at radius 2 is 1.75 bits per heavy atom. The Hall–Kier alpha value is -3.84. The number of halogens is 1. The van der Waals surface area contributed by atoms with Crippen molar-refractivity contribution in [1.82, 2.24) is 9.78 Å². The summed E-state index contributed by atoms with van der Waals surface area (Å²) < 4.78 is 11.8. The third-order valence-corrected chi connectivity index (χ3v) is 5.45. The highest BCUT2D eigenvalue weighted by Gasteiger charge is 2.19. The Labute approximate surface area is 189 Å². The van der Waals surface area contributed by atoms with Crippen LogP contribution < -0.4 is 20.3 Å². The van der Waals surface area contributed by atoms with Crippen molar-refractivity contribution < 1.29 is 14.3 Å². The van der Waals surface area contributed by atoms with E-state index in [-0.39, 0.29) is 11.3 Å². The Morgan fingerprint density at radius 1 is 1.00 bits per heavy atom. The minimum absolute atomic E-state index is 0.0951. The summed E-state index contributed by atoms with van der Waals surface area (Å²) in [7, 11) is 3.03. The second-order valence-corrected chi connectivity index (χ2v) is 7.48. The molecule has 1 N–H and O–H groups in total. The number of rotatable bonds is 5. The van der Waals surface area contributed by atoms with Crippen molar-refractivity contribution >= 4 is 34.0 Å². The predicted molar refractivity (Wildman–Crippen MR) is 125 cm³/mol. The van der Waals surface area contributed by atoms with Gasteiger partial charge >= 0.3 is 0 Å². The van der Waals surface area contributed by atoms with E-state index in [0.29, 0.717) is 38.7 Å². The lowest BCUT2D eigenvalue weighted by Gasteiger charge is -2.14. The molecule has 0 saturated heterocycles. The lowest BCUT2D eigenvalue weighted by Crippen LogP contribution is -2.26. The van der Waals surface area contributed by atoms with Gasteiger partial charge in [0.1, 0.15) is 11.5 Å². The fourth-order valence-corrected chi connectivity index (χ4v) is 3.54. The monoisotopic (exact) mass is 449 g/mol. The number of methoxy groups -OCH3 is 2. The normalized spacial score (nSPS) is 10.8. The first-order valence-electron chi connectivity index (χ1n) is 9.75. The predicted octanol–water partition coefficient (Wildman–Crippen LogP) is 4.62. The van der Waals surface area contributed by atoms with Gasteiger partial charge < -0.3 is 14.8 Å². The van der Waals surface area contributed by atoms with Gasteiger partial charge in [-0.05, 0) is 36.8 Å². The third-order valence-electron chi connectivity index (χ3n) is 5.05. The molecule has 3 aromatic carbocycles. The smallest absolute Gasteiger partial charge is 0.279 e. The van der Waals surface area contributed by atoms with Crippen molar-refractivity contribution in [3.63, 3.8) is 0 Å². The van der Waals surface area contributed by atoms with E-state index in [1.54, 1.807) is 60.7 Å². The molecule has 0 bridgehead atoms. The van der Waals surface area contributed by atoms with E-state index < -0.39 is 5.91 Å². The molecule has 8 heteroatoms. The lowest BCUT2D eigenvalue weighted by molar-refractivity contribution is 0.102. The highest BCUT2D eigenvalue weighted by molar-refractivity contribution is 6.31. The zero-order valence-electron chi connectivity index (χ0n) is 17.7. The quantitative estimate of drug-likeness (QED) is 0.481. The van der Waals surface area contributed by atoms with Crippen LogP contribution in [0.4, 0.5) is 5.69 Å². The first-order chi connectivity index (χ1) is 15.4. The van der Waals surface area contributed by atoms with Crippen LogP contribution in [0.1, 0.15) is 16.1 Å². The molecule has 162 valence electrons. The molecule has 0 atom stereocenters. The number of carbonyl (C=O) groups is 1. The average molecular weight is 450 g/mol. The van der Waals surface area contributed by atoms with Gasteiger partial charge in [-0.1, -0.05) is 35.9 Å². The van der Waals surface area contributed by atoms with Crippen LogP contribution in [0.15, 0.2) is 65.5 Å². The van der Waals surface area contributed by atoms with Gasteiger partial charge in [-0.2, -0.15) is 9.78 Å². The summed E-state index contributed by atoms with van der Waals surface area (Å²) in [4.78, 5) is 26.4. The van der Waals surface area contributed by atoms with E-state index in [1.807, 2.05) is 6.92 Å². The molecule has 4 rings (SSSR count). The summed E-state index contributed by atoms with van der Waals surface area (Å²) in [6.45, 7) is 1.83. The molecule has 7 nitrogen and oxygen atoms in total. The highest BCUT2D eigenvalue weighted by atomic mass is 35.5. The number of anilines is 1. The Balaban J connectivity index is 1.87. The summed E-state index contributed by atoms with van der Waals surface area (Å²) in [6, 6.07) is 17.1. The van der Waals surface area contributed by atoms with Crippen molar-refractivity contribution in [1.29, 1.82) is 0 Å². The second-order valence-electron chi connectivity index (χ2n) is 7.07. The molecule has 0 aliphatic rings. The number of nitrogens with one attached hydrogen (secondary N) is 1. The third kappa shape index (κ3) is 3.90. The molecule has 0 aliphatic heterocycles. The second kappa shape index (κ2) is 8.72. The van der Waals surface area contributed by atoms with Crippen LogP contribution in [-0.4, -0.2) is 29.9 Å². The number of carbonyl (C=O) groups excluding carboxylic acids is 1. The van der Waals surface area contributed by atoms with Gasteiger partial charge in [0.15, 0.2) is 5.69 Å². The minimum atomic E-state index is -0.488. The van der Waals surface area contributed by atoms with E-state index in [2.05, 4.69) is 10.4 Å². The topological polar surface area (TPSA) is 82.5 Å². The molecule has 0 unspecified atom stereocenters. The molecule has 1 amide bonds. The molecule has 0 saturated carbocycles. The summed E-state index contributed by atoms with van der Waals surface area (Å²) in [5.74, 6) is 0.494. The molecule has 0 spiro atoms. The molecular formula is C24H20ClN3O4. The number of hydrogen-bond donors (Lipinski definition) is 1. The van der Waals surface area contributed by atoms with Gasteiger partial charge in [-0.3, -0.25) is 9.59 Å². The van der Waals surface area contributed by atoms with Crippen molar-refractivity contribution in [2.75, 3.05) is 19.5 Å². The van der Waals surface area contributed by atoms with Gasteiger partial charge in [0.2, 0.25) is 0 Å². The van der Waals surface area contributed by atoms with E-state index in [0.717, 1.165) is 5.56 Å². The van der Waals surface area contributed by atoms with Gasteiger partial charge in [0, 0.05) is 22.5 Å². The van der Waals surface area contributed by atoms with E-state index in [9.17, 15) is 9.59 Å². The van der Waals surface area contributed by atoms with Crippen molar-refractivity contribution in [3.8, 4) is 17.2 Å². The number of aromatic nitrogens is 2. The molecular weight excluding hydrogens is 430 g/mol. The first-order valence-corrected chi connectivity index (χ1v) is 10.1. The molecule has 0 aliphatic carbocycles. The maximum Gasteiger partial charge on any atom is 0.279 e. The van der Waals surface area contributed by atoms with Crippen LogP contribution in [0.5, 0.6) is 11.5 Å². The van der Waals surface area contributed by atoms with E-state index in [4.69, 9.17) is 21.1 Å². The molecule has 32 heavy (non-hydrogen) atoms. The van der Waals surface area contributed by atoms with Crippen LogP contribution in [0.2, 0.25) is 5.02 Å². The Kier molecular flexibility index (Phi) is 5.83. The summed E-state index contributed by atoms with van der Waals surface area (Å²) in [5.41, 5.74) is 1.46. The summed E-state index contributed by atoms with van der Waals surface area (Å²) in [6.07, 6.45) is 0. The van der Waals surface area contributed by atoms with Gasteiger partial charge in [0.25, 0.3) is 11.5 Å². The summed E-state index contributed by atoms with van der Waals surface area (Å²) in [5, 5.41) is 8.58. The number of fused-ring (bicyclic) bond motifs is 1. The molecule has 0 radical (unpaired) electrons. The molecule has 0 fully saturated rings. The number of benzene rings is 3. The number of amides is 1. The van der Waals surface area contributed by atoms with Crippen LogP contribution >= 0.6 is 11.6 Å². The molecule has 1 aromatic heterocycles. The number of ether oxygens (including phenoxy) is 2. The van der Waals surface area contributed by atoms with Crippen LogP contribution in [0.3, 0.4) is 0 Å². The number of nitrogens with zero attached hydrogens (tertiary/aromatic N) is 2. The van der Waals surface area contributed by atoms with Crippen LogP contribution in [0.25, 0.3) is 16.5 Å². The average Bonchev–Trinajstić information content (AvgIpc) is 2.81. The first kappa shape index (κ1) is 21.4. The minimum Gasteiger partial charge on any atom is -0.497 e. The van der Waals surface area contributed by atoms with Gasteiger partial charge in [-0.15, -0.1) is 0 Å². The number of aryl methyl sites for hydroxylation is 1. The van der Waals surface area contributed by atoms with Gasteiger partial charge in [-0.25, -0.2) is 0 Å².